The fourth-order valence-corrected chi connectivity index (χ4v) is 3.16. The highest BCUT2D eigenvalue weighted by Gasteiger charge is 2.37. The van der Waals surface area contributed by atoms with E-state index < -0.39 is 11.4 Å². The molecule has 0 spiro atoms. The Labute approximate surface area is 176 Å². The minimum atomic E-state index is -0.649. The lowest BCUT2D eigenvalue weighted by molar-refractivity contribution is -0.127. The Morgan fingerprint density at radius 3 is 2.43 bits per heavy atom. The van der Waals surface area contributed by atoms with E-state index in [-0.39, 0.29) is 18.3 Å². The third kappa shape index (κ3) is 5.09. The van der Waals surface area contributed by atoms with Crippen molar-refractivity contribution in [3.63, 3.8) is 0 Å². The van der Waals surface area contributed by atoms with Crippen molar-refractivity contribution in [1.82, 2.24) is 0 Å². The summed E-state index contributed by atoms with van der Waals surface area (Å²) in [5, 5.41) is 5.39. The van der Waals surface area contributed by atoms with Gasteiger partial charge in [0, 0.05) is 24.0 Å². The number of urea groups is 1. The molecule has 1 heterocycles. The summed E-state index contributed by atoms with van der Waals surface area (Å²) in [6.07, 6.45) is 0.876. The van der Waals surface area contributed by atoms with Gasteiger partial charge in [-0.25, -0.2) is 9.18 Å². The van der Waals surface area contributed by atoms with Crippen LogP contribution in [-0.4, -0.2) is 25.1 Å². The number of carbonyl (C=O) groups is 2. The van der Waals surface area contributed by atoms with Gasteiger partial charge in [-0.15, -0.1) is 0 Å². The van der Waals surface area contributed by atoms with E-state index in [4.69, 9.17) is 4.74 Å². The minimum absolute atomic E-state index is 0.0247. The fraction of sp³-hybridized carbons (Fsp3) is 0.391. The first-order valence-electron chi connectivity index (χ1n) is 10.1. The second-order valence-corrected chi connectivity index (χ2v) is 8.58. The average molecular weight is 413 g/mol. The van der Waals surface area contributed by atoms with E-state index in [2.05, 4.69) is 24.5 Å². The maximum absolute atomic E-state index is 13.1. The number of rotatable bonds is 5. The maximum Gasteiger partial charge on any atom is 0.323 e. The Bertz CT molecular complexity index is 926. The molecule has 3 amide bonds. The lowest BCUT2D eigenvalue weighted by atomic mass is 9.92. The van der Waals surface area contributed by atoms with Crippen molar-refractivity contribution < 1.29 is 18.7 Å². The summed E-state index contributed by atoms with van der Waals surface area (Å²) >= 11 is 0. The summed E-state index contributed by atoms with van der Waals surface area (Å²) in [6.45, 7) is 8.85. The average Bonchev–Trinajstić information content (AvgIpc) is 2.77. The van der Waals surface area contributed by atoms with Crippen LogP contribution >= 0.6 is 0 Å². The Kier molecular flexibility index (Phi) is 6.29. The summed E-state index contributed by atoms with van der Waals surface area (Å²) < 4.78 is 19.0. The Balaban J connectivity index is 1.79. The number of hydrogen-bond donors (Lipinski definition) is 2. The molecule has 7 heteroatoms. The minimum Gasteiger partial charge on any atom is -0.490 e. The summed E-state index contributed by atoms with van der Waals surface area (Å²) in [4.78, 5) is 27.1. The van der Waals surface area contributed by atoms with E-state index in [1.165, 1.54) is 24.3 Å². The Morgan fingerprint density at radius 1 is 1.13 bits per heavy atom. The van der Waals surface area contributed by atoms with Gasteiger partial charge in [-0.1, -0.05) is 13.8 Å². The van der Waals surface area contributed by atoms with Crippen molar-refractivity contribution in [2.45, 2.75) is 34.1 Å². The number of carbonyl (C=O) groups excluding carboxylic acids is 2. The molecule has 3 rings (SSSR count). The number of anilines is 3. The lowest BCUT2D eigenvalue weighted by Gasteiger charge is -2.28. The molecule has 0 bridgehead atoms. The number of amides is 3. The van der Waals surface area contributed by atoms with Gasteiger partial charge in [-0.3, -0.25) is 4.79 Å². The normalized spacial score (nSPS) is 15.3. The van der Waals surface area contributed by atoms with Crippen LogP contribution in [0.5, 0.6) is 5.75 Å². The molecule has 0 aliphatic carbocycles. The van der Waals surface area contributed by atoms with Crippen LogP contribution in [0.1, 0.15) is 34.1 Å². The van der Waals surface area contributed by atoms with E-state index in [9.17, 15) is 14.0 Å². The SMILES string of the molecule is CC(C)CCN1C(=O)C(C)(C)COc2cc(NC(=O)Nc3ccc(F)cc3)ccc21. The van der Waals surface area contributed by atoms with E-state index in [1.807, 2.05) is 13.8 Å². The van der Waals surface area contributed by atoms with Crippen LogP contribution in [0.15, 0.2) is 42.5 Å². The quantitative estimate of drug-likeness (QED) is 0.702. The Morgan fingerprint density at radius 2 is 1.77 bits per heavy atom. The molecule has 2 aromatic carbocycles. The van der Waals surface area contributed by atoms with E-state index in [0.717, 1.165) is 6.42 Å². The first-order chi connectivity index (χ1) is 14.2. The van der Waals surface area contributed by atoms with Gasteiger partial charge in [0.15, 0.2) is 0 Å². The monoisotopic (exact) mass is 413 g/mol. The van der Waals surface area contributed by atoms with Crippen LogP contribution in [0.2, 0.25) is 0 Å². The first kappa shape index (κ1) is 21.6. The van der Waals surface area contributed by atoms with Gasteiger partial charge in [0.25, 0.3) is 0 Å². The number of nitrogens with one attached hydrogen (secondary N) is 2. The van der Waals surface area contributed by atoms with Gasteiger partial charge in [0.05, 0.1) is 11.1 Å². The van der Waals surface area contributed by atoms with Crippen LogP contribution < -0.4 is 20.3 Å². The Hall–Kier alpha value is -3.09. The maximum atomic E-state index is 13.1. The van der Waals surface area contributed by atoms with Gasteiger partial charge in [0.2, 0.25) is 5.91 Å². The molecule has 0 saturated carbocycles. The van der Waals surface area contributed by atoms with Gasteiger partial charge in [0.1, 0.15) is 18.2 Å². The highest BCUT2D eigenvalue weighted by atomic mass is 19.1. The number of fused-ring (bicyclic) bond motifs is 1. The first-order valence-corrected chi connectivity index (χ1v) is 10.1. The summed E-state index contributed by atoms with van der Waals surface area (Å²) in [7, 11) is 0. The highest BCUT2D eigenvalue weighted by Crippen LogP contribution is 2.38. The van der Waals surface area contributed by atoms with Crippen molar-refractivity contribution in [2.24, 2.45) is 11.3 Å². The molecular formula is C23H28FN3O3. The third-order valence-electron chi connectivity index (χ3n) is 4.95. The molecule has 0 atom stereocenters. The fourth-order valence-electron chi connectivity index (χ4n) is 3.16. The van der Waals surface area contributed by atoms with Crippen LogP contribution in [0, 0.1) is 17.2 Å². The molecule has 0 saturated heterocycles. The van der Waals surface area contributed by atoms with Crippen LogP contribution in [0.25, 0.3) is 0 Å². The topological polar surface area (TPSA) is 70.7 Å². The second kappa shape index (κ2) is 8.73. The van der Waals surface area contributed by atoms with Crippen molar-refractivity contribution in [3.05, 3.63) is 48.3 Å². The van der Waals surface area contributed by atoms with Crippen molar-refractivity contribution >= 4 is 29.0 Å². The van der Waals surface area contributed by atoms with Crippen molar-refractivity contribution in [2.75, 3.05) is 28.7 Å². The number of halogens is 1. The lowest BCUT2D eigenvalue weighted by Crippen LogP contribution is -2.42. The summed E-state index contributed by atoms with van der Waals surface area (Å²) in [5.74, 6) is 0.668. The molecule has 160 valence electrons. The van der Waals surface area contributed by atoms with E-state index in [1.54, 1.807) is 23.1 Å². The van der Waals surface area contributed by atoms with Gasteiger partial charge in [-0.2, -0.15) is 0 Å². The van der Waals surface area contributed by atoms with Crippen LogP contribution in [0.3, 0.4) is 0 Å². The van der Waals surface area contributed by atoms with E-state index in [0.29, 0.717) is 35.3 Å². The van der Waals surface area contributed by atoms with Gasteiger partial charge >= 0.3 is 6.03 Å². The smallest absolute Gasteiger partial charge is 0.323 e. The number of nitrogens with zero attached hydrogens (tertiary/aromatic N) is 1. The van der Waals surface area contributed by atoms with Crippen molar-refractivity contribution in [3.8, 4) is 5.75 Å². The highest BCUT2D eigenvalue weighted by molar-refractivity contribution is 6.02. The molecule has 2 aromatic rings. The molecule has 1 aliphatic rings. The molecule has 0 unspecified atom stereocenters. The third-order valence-corrected chi connectivity index (χ3v) is 4.95. The molecule has 0 fully saturated rings. The molecular weight excluding hydrogens is 385 g/mol. The molecule has 1 aliphatic heterocycles. The zero-order valence-corrected chi connectivity index (χ0v) is 17.8. The molecule has 2 N–H and O–H groups in total. The summed E-state index contributed by atoms with van der Waals surface area (Å²) in [6, 6.07) is 10.3. The number of benzene rings is 2. The largest absolute Gasteiger partial charge is 0.490 e. The molecule has 6 nitrogen and oxygen atoms in total. The van der Waals surface area contributed by atoms with Crippen molar-refractivity contribution in [1.29, 1.82) is 0 Å². The predicted octanol–water partition coefficient (Wildman–Crippen LogP) is 5.27. The van der Waals surface area contributed by atoms with Gasteiger partial charge < -0.3 is 20.3 Å². The number of hydrogen-bond acceptors (Lipinski definition) is 3. The zero-order chi connectivity index (χ0) is 21.9. The molecule has 30 heavy (non-hydrogen) atoms. The number of ether oxygens (including phenoxy) is 1. The molecule has 0 aromatic heterocycles. The molecule has 0 radical (unpaired) electrons. The van der Waals surface area contributed by atoms with E-state index >= 15 is 0 Å². The van der Waals surface area contributed by atoms with Crippen LogP contribution in [-0.2, 0) is 4.79 Å². The summed E-state index contributed by atoms with van der Waals surface area (Å²) in [5.41, 5.74) is 1.07. The standard InChI is InChI=1S/C23H28FN3O3/c1-15(2)11-12-27-19-10-9-18(13-20(19)30-14-23(3,4)21(27)28)26-22(29)25-17-7-5-16(24)6-8-17/h5-10,13,15H,11-12,14H2,1-4H3,(H2,25,26,29). The van der Waals surface area contributed by atoms with Crippen LogP contribution in [0.4, 0.5) is 26.2 Å². The zero-order valence-electron chi connectivity index (χ0n) is 17.8. The van der Waals surface area contributed by atoms with Gasteiger partial charge in [-0.05, 0) is 62.6 Å². The predicted molar refractivity (Wildman–Crippen MR) is 117 cm³/mol. The second-order valence-electron chi connectivity index (χ2n) is 8.58.